The fraction of sp³-hybridized carbons (Fsp3) is 1.00. The summed E-state index contributed by atoms with van der Waals surface area (Å²) in [6, 6.07) is 0.678. The molecular weight excluding hydrogens is 136 g/mol. The highest BCUT2D eigenvalue weighted by Crippen LogP contribution is 1.99. The molecule has 0 heterocycles. The molecule has 0 aromatic carbocycles. The molecule has 0 saturated carbocycles. The summed E-state index contributed by atoms with van der Waals surface area (Å²) in [6.45, 7) is 3.45. The molecule has 0 aromatic rings. The van der Waals surface area contributed by atoms with E-state index in [2.05, 4.69) is 31.2 Å². The Morgan fingerprint density at radius 2 is 1.91 bits per heavy atom. The molecular formula is C9H22N2. The topological polar surface area (TPSA) is 15.3 Å². The number of rotatable bonds is 6. The van der Waals surface area contributed by atoms with Gasteiger partial charge in [-0.15, -0.1) is 0 Å². The molecule has 11 heavy (non-hydrogen) atoms. The predicted octanol–water partition coefficient (Wildman–Crippen LogP) is 1.33. The summed E-state index contributed by atoms with van der Waals surface area (Å²) in [7, 11) is 6.28. The van der Waals surface area contributed by atoms with E-state index < -0.39 is 0 Å². The standard InChI is InChI=1S/C9H22N2/c1-9(10-2)7-5-6-8-11(3)4/h9-10H,5-8H2,1-4H3. The van der Waals surface area contributed by atoms with Gasteiger partial charge in [0.2, 0.25) is 0 Å². The molecule has 2 heteroatoms. The molecule has 0 spiro atoms. The van der Waals surface area contributed by atoms with Gasteiger partial charge in [-0.1, -0.05) is 6.42 Å². The van der Waals surface area contributed by atoms with Gasteiger partial charge >= 0.3 is 0 Å². The summed E-state index contributed by atoms with van der Waals surface area (Å²) in [4.78, 5) is 2.24. The molecule has 0 aliphatic carbocycles. The van der Waals surface area contributed by atoms with Crippen molar-refractivity contribution >= 4 is 0 Å². The lowest BCUT2D eigenvalue weighted by Gasteiger charge is -2.11. The number of nitrogens with one attached hydrogen (secondary N) is 1. The molecule has 0 radical (unpaired) electrons. The minimum Gasteiger partial charge on any atom is -0.317 e. The van der Waals surface area contributed by atoms with Gasteiger partial charge in [-0.2, -0.15) is 0 Å². The fourth-order valence-electron chi connectivity index (χ4n) is 1.02. The summed E-state index contributed by atoms with van der Waals surface area (Å²) in [6.07, 6.45) is 3.95. The van der Waals surface area contributed by atoms with Crippen molar-refractivity contribution in [2.75, 3.05) is 27.7 Å². The first-order valence-corrected chi connectivity index (χ1v) is 4.48. The lowest BCUT2D eigenvalue weighted by molar-refractivity contribution is 0.384. The van der Waals surface area contributed by atoms with E-state index >= 15 is 0 Å². The first kappa shape index (κ1) is 10.9. The molecule has 0 aliphatic heterocycles. The quantitative estimate of drug-likeness (QED) is 0.587. The van der Waals surface area contributed by atoms with E-state index in [0.717, 1.165) is 0 Å². The second-order valence-corrected chi connectivity index (χ2v) is 3.49. The molecule has 0 saturated heterocycles. The van der Waals surface area contributed by atoms with Crippen molar-refractivity contribution in [2.24, 2.45) is 0 Å². The molecule has 0 rings (SSSR count). The summed E-state index contributed by atoms with van der Waals surface area (Å²) in [5.74, 6) is 0. The Bertz CT molecular complexity index is 81.6. The highest BCUT2D eigenvalue weighted by Gasteiger charge is 1.97. The second-order valence-electron chi connectivity index (χ2n) is 3.49. The molecule has 1 atom stereocenters. The van der Waals surface area contributed by atoms with Gasteiger partial charge in [-0.05, 0) is 47.5 Å². The molecule has 0 amide bonds. The third-order valence-electron chi connectivity index (χ3n) is 1.99. The van der Waals surface area contributed by atoms with Crippen LogP contribution >= 0.6 is 0 Å². The van der Waals surface area contributed by atoms with Gasteiger partial charge in [0, 0.05) is 6.04 Å². The van der Waals surface area contributed by atoms with Crippen LogP contribution in [0.5, 0.6) is 0 Å². The monoisotopic (exact) mass is 158 g/mol. The molecule has 68 valence electrons. The fourth-order valence-corrected chi connectivity index (χ4v) is 1.02. The van der Waals surface area contributed by atoms with Crippen LogP contribution in [0.1, 0.15) is 26.2 Å². The lowest BCUT2D eigenvalue weighted by atomic mass is 10.1. The highest BCUT2D eigenvalue weighted by molar-refractivity contribution is 4.57. The SMILES string of the molecule is CNC(C)CCCCN(C)C. The first-order valence-electron chi connectivity index (χ1n) is 4.48. The van der Waals surface area contributed by atoms with Gasteiger partial charge < -0.3 is 10.2 Å². The van der Waals surface area contributed by atoms with Gasteiger partial charge in [-0.3, -0.25) is 0 Å². The van der Waals surface area contributed by atoms with Crippen molar-refractivity contribution in [3.63, 3.8) is 0 Å². The van der Waals surface area contributed by atoms with Gasteiger partial charge in [-0.25, -0.2) is 0 Å². The summed E-state index contributed by atoms with van der Waals surface area (Å²) < 4.78 is 0. The van der Waals surface area contributed by atoms with Crippen LogP contribution in [0.4, 0.5) is 0 Å². The largest absolute Gasteiger partial charge is 0.317 e. The molecule has 1 N–H and O–H groups in total. The number of hydrogen-bond donors (Lipinski definition) is 1. The Hall–Kier alpha value is -0.0800. The van der Waals surface area contributed by atoms with Crippen LogP contribution in [0.3, 0.4) is 0 Å². The smallest absolute Gasteiger partial charge is 0.00357 e. The zero-order valence-corrected chi connectivity index (χ0v) is 8.35. The van der Waals surface area contributed by atoms with Crippen LogP contribution in [0, 0.1) is 0 Å². The number of unbranched alkanes of at least 4 members (excludes halogenated alkanes) is 1. The van der Waals surface area contributed by atoms with Crippen molar-refractivity contribution in [3.8, 4) is 0 Å². The van der Waals surface area contributed by atoms with Crippen molar-refractivity contribution in [3.05, 3.63) is 0 Å². The Balaban J connectivity index is 3.01. The Morgan fingerprint density at radius 1 is 1.27 bits per heavy atom. The zero-order valence-electron chi connectivity index (χ0n) is 8.35. The van der Waals surface area contributed by atoms with Gasteiger partial charge in [0.15, 0.2) is 0 Å². The maximum absolute atomic E-state index is 3.24. The highest BCUT2D eigenvalue weighted by atomic mass is 15.0. The normalized spacial score (nSPS) is 13.9. The maximum atomic E-state index is 3.24. The van der Waals surface area contributed by atoms with Crippen LogP contribution in [0.2, 0.25) is 0 Å². The van der Waals surface area contributed by atoms with Crippen LogP contribution in [-0.4, -0.2) is 38.6 Å². The third kappa shape index (κ3) is 7.82. The zero-order chi connectivity index (χ0) is 8.69. The van der Waals surface area contributed by atoms with E-state index in [9.17, 15) is 0 Å². The lowest BCUT2D eigenvalue weighted by Crippen LogP contribution is -2.21. The third-order valence-corrected chi connectivity index (χ3v) is 1.99. The van der Waals surface area contributed by atoms with Crippen LogP contribution < -0.4 is 5.32 Å². The van der Waals surface area contributed by atoms with E-state index in [1.54, 1.807) is 0 Å². The van der Waals surface area contributed by atoms with Gasteiger partial charge in [0.25, 0.3) is 0 Å². The van der Waals surface area contributed by atoms with E-state index in [1.165, 1.54) is 25.8 Å². The second kappa shape index (κ2) is 6.62. The van der Waals surface area contributed by atoms with Crippen LogP contribution in [-0.2, 0) is 0 Å². The van der Waals surface area contributed by atoms with Crippen molar-refractivity contribution in [1.29, 1.82) is 0 Å². The van der Waals surface area contributed by atoms with Gasteiger partial charge in [0.05, 0.1) is 0 Å². The predicted molar refractivity (Wildman–Crippen MR) is 50.9 cm³/mol. The molecule has 2 nitrogen and oxygen atoms in total. The van der Waals surface area contributed by atoms with E-state index in [4.69, 9.17) is 0 Å². The van der Waals surface area contributed by atoms with Crippen LogP contribution in [0.15, 0.2) is 0 Å². The first-order chi connectivity index (χ1) is 5.16. The average Bonchev–Trinajstić information content (AvgIpc) is 1.97. The van der Waals surface area contributed by atoms with E-state index in [0.29, 0.717) is 6.04 Å². The van der Waals surface area contributed by atoms with Crippen LogP contribution in [0.25, 0.3) is 0 Å². The molecule has 0 bridgehead atoms. The van der Waals surface area contributed by atoms with Crippen molar-refractivity contribution in [1.82, 2.24) is 10.2 Å². The maximum Gasteiger partial charge on any atom is 0.00357 e. The summed E-state index contributed by atoms with van der Waals surface area (Å²) in [5, 5.41) is 3.24. The van der Waals surface area contributed by atoms with E-state index in [1.807, 2.05) is 7.05 Å². The summed E-state index contributed by atoms with van der Waals surface area (Å²) >= 11 is 0. The number of hydrogen-bond acceptors (Lipinski definition) is 2. The summed E-state index contributed by atoms with van der Waals surface area (Å²) in [5.41, 5.74) is 0. The van der Waals surface area contributed by atoms with Gasteiger partial charge in [0.1, 0.15) is 0 Å². The Kier molecular flexibility index (Phi) is 6.57. The Morgan fingerprint density at radius 3 is 2.36 bits per heavy atom. The molecule has 0 fully saturated rings. The van der Waals surface area contributed by atoms with E-state index in [-0.39, 0.29) is 0 Å². The van der Waals surface area contributed by atoms with Crippen molar-refractivity contribution < 1.29 is 0 Å². The van der Waals surface area contributed by atoms with Crippen molar-refractivity contribution in [2.45, 2.75) is 32.2 Å². The molecule has 0 aliphatic rings. The number of nitrogens with zero attached hydrogens (tertiary/aromatic N) is 1. The average molecular weight is 158 g/mol. The minimum atomic E-state index is 0.678. The Labute approximate surface area is 71.0 Å². The molecule has 1 unspecified atom stereocenters. The minimum absolute atomic E-state index is 0.678. The molecule has 0 aromatic heterocycles.